The van der Waals surface area contributed by atoms with Gasteiger partial charge in [0.1, 0.15) is 12.3 Å². The van der Waals surface area contributed by atoms with Crippen LogP contribution in [0.25, 0.3) is 0 Å². The second kappa shape index (κ2) is 8.76. The van der Waals surface area contributed by atoms with Crippen LogP contribution in [0.2, 0.25) is 0 Å². The van der Waals surface area contributed by atoms with Gasteiger partial charge in [-0.15, -0.1) is 0 Å². The molecule has 1 aromatic rings. The van der Waals surface area contributed by atoms with Crippen molar-refractivity contribution in [2.45, 2.75) is 39.7 Å². The second-order valence-corrected chi connectivity index (χ2v) is 7.33. The zero-order chi connectivity index (χ0) is 17.5. The molecule has 0 aliphatic heterocycles. The molecule has 0 unspecified atom stereocenters. The summed E-state index contributed by atoms with van der Waals surface area (Å²) in [7, 11) is -3.61. The van der Waals surface area contributed by atoms with E-state index in [0.717, 1.165) is 23.4 Å². The molecule has 23 heavy (non-hydrogen) atoms. The number of rotatable bonds is 9. The molecule has 0 bridgehead atoms. The molecule has 1 N–H and O–H groups in total. The average molecular weight is 342 g/mol. The summed E-state index contributed by atoms with van der Waals surface area (Å²) in [5, 5.41) is 2.82. The SMILES string of the molecule is CCC[C@@H](C)NC(=O)CN(c1ccccc1OCC)S(C)(=O)=O. The van der Waals surface area contributed by atoms with Crippen molar-refractivity contribution in [3.05, 3.63) is 24.3 Å². The minimum atomic E-state index is -3.61. The number of ether oxygens (including phenoxy) is 1. The first-order valence-corrected chi connectivity index (χ1v) is 9.63. The number of hydrogen-bond donors (Lipinski definition) is 1. The van der Waals surface area contributed by atoms with Crippen LogP contribution in [0.1, 0.15) is 33.6 Å². The molecule has 0 saturated carbocycles. The summed E-state index contributed by atoms with van der Waals surface area (Å²) in [6.45, 7) is 5.90. The van der Waals surface area contributed by atoms with E-state index in [2.05, 4.69) is 5.32 Å². The quantitative estimate of drug-likeness (QED) is 0.746. The Balaban J connectivity index is 3.01. The molecule has 1 atom stereocenters. The number of nitrogens with one attached hydrogen (secondary N) is 1. The topological polar surface area (TPSA) is 75.7 Å². The maximum absolute atomic E-state index is 12.2. The van der Waals surface area contributed by atoms with Crippen LogP contribution >= 0.6 is 0 Å². The van der Waals surface area contributed by atoms with Gasteiger partial charge in [0.15, 0.2) is 0 Å². The zero-order valence-corrected chi connectivity index (χ0v) is 15.0. The van der Waals surface area contributed by atoms with Gasteiger partial charge in [0.2, 0.25) is 15.9 Å². The van der Waals surface area contributed by atoms with E-state index in [1.165, 1.54) is 0 Å². The average Bonchev–Trinajstić information content (AvgIpc) is 2.45. The molecule has 7 heteroatoms. The van der Waals surface area contributed by atoms with E-state index in [9.17, 15) is 13.2 Å². The highest BCUT2D eigenvalue weighted by Gasteiger charge is 2.24. The van der Waals surface area contributed by atoms with Gasteiger partial charge in [-0.3, -0.25) is 9.10 Å². The zero-order valence-electron chi connectivity index (χ0n) is 14.2. The molecule has 1 amide bonds. The Hall–Kier alpha value is -1.76. The number of amides is 1. The van der Waals surface area contributed by atoms with Crippen molar-refractivity contribution in [2.75, 3.05) is 23.7 Å². The molecule has 0 spiro atoms. The Kier molecular flexibility index (Phi) is 7.35. The molecule has 0 heterocycles. The summed E-state index contributed by atoms with van der Waals surface area (Å²) >= 11 is 0. The van der Waals surface area contributed by atoms with Gasteiger partial charge in [0, 0.05) is 6.04 Å². The first-order chi connectivity index (χ1) is 10.8. The predicted octanol–water partition coefficient (Wildman–Crippen LogP) is 2.16. The second-order valence-electron chi connectivity index (χ2n) is 5.43. The van der Waals surface area contributed by atoms with E-state index in [1.54, 1.807) is 24.3 Å². The van der Waals surface area contributed by atoms with E-state index in [0.29, 0.717) is 18.0 Å². The van der Waals surface area contributed by atoms with Crippen LogP contribution in [0, 0.1) is 0 Å². The fraction of sp³-hybridized carbons (Fsp3) is 0.562. The Labute approximate surface area is 138 Å². The first kappa shape index (κ1) is 19.3. The molecule has 0 saturated heterocycles. The van der Waals surface area contributed by atoms with Gasteiger partial charge < -0.3 is 10.1 Å². The lowest BCUT2D eigenvalue weighted by Gasteiger charge is -2.25. The van der Waals surface area contributed by atoms with Crippen molar-refractivity contribution < 1.29 is 17.9 Å². The predicted molar refractivity (Wildman–Crippen MR) is 92.3 cm³/mol. The van der Waals surface area contributed by atoms with E-state index >= 15 is 0 Å². The number of para-hydroxylation sites is 2. The third-order valence-electron chi connectivity index (χ3n) is 3.25. The van der Waals surface area contributed by atoms with Crippen molar-refractivity contribution in [1.29, 1.82) is 0 Å². The number of carbonyl (C=O) groups is 1. The van der Waals surface area contributed by atoms with E-state index in [1.807, 2.05) is 20.8 Å². The number of anilines is 1. The third-order valence-corrected chi connectivity index (χ3v) is 4.38. The van der Waals surface area contributed by atoms with Gasteiger partial charge in [-0.25, -0.2) is 8.42 Å². The molecular formula is C16H26N2O4S. The minimum Gasteiger partial charge on any atom is -0.492 e. The summed E-state index contributed by atoms with van der Waals surface area (Å²) in [5.74, 6) is 0.109. The molecule has 0 aromatic heterocycles. The third kappa shape index (κ3) is 6.09. The van der Waals surface area contributed by atoms with Crippen LogP contribution < -0.4 is 14.4 Å². The summed E-state index contributed by atoms with van der Waals surface area (Å²) in [5.41, 5.74) is 0.371. The van der Waals surface area contributed by atoms with Crippen LogP contribution in [-0.4, -0.2) is 39.8 Å². The largest absolute Gasteiger partial charge is 0.492 e. The molecule has 0 fully saturated rings. The smallest absolute Gasteiger partial charge is 0.240 e. The first-order valence-electron chi connectivity index (χ1n) is 7.78. The Morgan fingerprint density at radius 3 is 2.52 bits per heavy atom. The van der Waals surface area contributed by atoms with Crippen LogP contribution in [0.3, 0.4) is 0 Å². The number of benzene rings is 1. The summed E-state index contributed by atoms with van der Waals surface area (Å²) in [6, 6.07) is 6.81. The fourth-order valence-corrected chi connectivity index (χ4v) is 3.14. The van der Waals surface area contributed by atoms with E-state index in [-0.39, 0.29) is 18.5 Å². The van der Waals surface area contributed by atoms with Crippen LogP contribution in [0.15, 0.2) is 24.3 Å². The number of sulfonamides is 1. The summed E-state index contributed by atoms with van der Waals surface area (Å²) in [4.78, 5) is 12.2. The Bertz CT molecular complexity index is 616. The van der Waals surface area contributed by atoms with Gasteiger partial charge >= 0.3 is 0 Å². The lowest BCUT2D eigenvalue weighted by atomic mass is 10.2. The van der Waals surface area contributed by atoms with Crippen LogP contribution in [0.5, 0.6) is 5.75 Å². The van der Waals surface area contributed by atoms with Gasteiger partial charge in [-0.1, -0.05) is 25.5 Å². The lowest BCUT2D eigenvalue weighted by Crippen LogP contribution is -2.43. The van der Waals surface area contributed by atoms with Crippen molar-refractivity contribution in [1.82, 2.24) is 5.32 Å². The van der Waals surface area contributed by atoms with Crippen molar-refractivity contribution in [3.63, 3.8) is 0 Å². The molecule has 130 valence electrons. The molecule has 1 aromatic carbocycles. The summed E-state index contributed by atoms with van der Waals surface area (Å²) < 4.78 is 30.8. The maximum Gasteiger partial charge on any atom is 0.240 e. The van der Waals surface area contributed by atoms with E-state index < -0.39 is 10.0 Å². The normalized spacial score (nSPS) is 12.5. The standard InChI is InChI=1S/C16H26N2O4S/c1-5-9-13(3)17-16(19)12-18(23(4,20)21)14-10-7-8-11-15(14)22-6-2/h7-8,10-11,13H,5-6,9,12H2,1-4H3,(H,17,19)/t13-/m1/s1. The van der Waals surface area contributed by atoms with Crippen molar-refractivity contribution in [2.24, 2.45) is 0 Å². The van der Waals surface area contributed by atoms with Gasteiger partial charge in [-0.2, -0.15) is 0 Å². The monoisotopic (exact) mass is 342 g/mol. The highest BCUT2D eigenvalue weighted by molar-refractivity contribution is 7.92. The van der Waals surface area contributed by atoms with Crippen LogP contribution in [0.4, 0.5) is 5.69 Å². The van der Waals surface area contributed by atoms with Gasteiger partial charge in [0.05, 0.1) is 18.6 Å². The summed E-state index contributed by atoms with van der Waals surface area (Å²) in [6.07, 6.45) is 2.88. The van der Waals surface area contributed by atoms with Crippen LogP contribution in [-0.2, 0) is 14.8 Å². The van der Waals surface area contributed by atoms with Gasteiger partial charge in [0.25, 0.3) is 0 Å². The highest BCUT2D eigenvalue weighted by Crippen LogP contribution is 2.29. The molecule has 6 nitrogen and oxygen atoms in total. The molecular weight excluding hydrogens is 316 g/mol. The van der Waals surface area contributed by atoms with E-state index in [4.69, 9.17) is 4.74 Å². The number of nitrogens with zero attached hydrogens (tertiary/aromatic N) is 1. The Morgan fingerprint density at radius 1 is 1.30 bits per heavy atom. The molecule has 0 aliphatic carbocycles. The van der Waals surface area contributed by atoms with Crippen molar-refractivity contribution in [3.8, 4) is 5.75 Å². The maximum atomic E-state index is 12.2. The number of carbonyl (C=O) groups excluding carboxylic acids is 1. The number of hydrogen-bond acceptors (Lipinski definition) is 4. The molecule has 1 rings (SSSR count). The van der Waals surface area contributed by atoms with Crippen molar-refractivity contribution >= 4 is 21.6 Å². The Morgan fingerprint density at radius 2 is 1.96 bits per heavy atom. The highest BCUT2D eigenvalue weighted by atomic mass is 32.2. The molecule has 0 aliphatic rings. The minimum absolute atomic E-state index is 0.0102. The fourth-order valence-electron chi connectivity index (χ4n) is 2.28. The lowest BCUT2D eigenvalue weighted by molar-refractivity contribution is -0.120. The van der Waals surface area contributed by atoms with Gasteiger partial charge in [-0.05, 0) is 32.4 Å². The molecule has 0 radical (unpaired) electrons.